The predicted molar refractivity (Wildman–Crippen MR) is 79.0 cm³/mol. The van der Waals surface area contributed by atoms with Gasteiger partial charge in [-0.1, -0.05) is 29.8 Å². The highest BCUT2D eigenvalue weighted by molar-refractivity contribution is 5.98. The first kappa shape index (κ1) is 14.4. The van der Waals surface area contributed by atoms with Crippen LogP contribution in [0.15, 0.2) is 42.6 Å². The molecule has 2 rings (SSSR count). The molecule has 104 valence electrons. The summed E-state index contributed by atoms with van der Waals surface area (Å²) in [5.41, 5.74) is 3.89. The molecule has 2 aromatic rings. The maximum atomic E-state index is 12.0. The van der Waals surface area contributed by atoms with Gasteiger partial charge in [-0.25, -0.2) is 0 Å². The highest BCUT2D eigenvalue weighted by Crippen LogP contribution is 2.11. The van der Waals surface area contributed by atoms with Gasteiger partial charge in [0, 0.05) is 23.9 Å². The summed E-state index contributed by atoms with van der Waals surface area (Å²) >= 11 is 0. The Labute approximate surface area is 119 Å². The van der Waals surface area contributed by atoms with E-state index in [-0.39, 0.29) is 12.4 Å². The molecule has 1 aromatic carbocycles. The molecule has 0 fully saturated rings. The van der Waals surface area contributed by atoms with Gasteiger partial charge < -0.3 is 4.74 Å². The van der Waals surface area contributed by atoms with Gasteiger partial charge in [-0.15, -0.1) is 0 Å². The first-order valence-electron chi connectivity index (χ1n) is 6.75. The van der Waals surface area contributed by atoms with E-state index < -0.39 is 0 Å². The quantitative estimate of drug-likeness (QED) is 0.597. The maximum absolute atomic E-state index is 12.0. The van der Waals surface area contributed by atoms with Gasteiger partial charge in [-0.05, 0) is 31.5 Å². The normalized spacial score (nSPS) is 10.5. The van der Waals surface area contributed by atoms with Crippen molar-refractivity contribution in [3.8, 4) is 0 Å². The summed E-state index contributed by atoms with van der Waals surface area (Å²) in [5.74, 6) is 0.0310. The molecule has 0 aliphatic rings. The van der Waals surface area contributed by atoms with Gasteiger partial charge in [0.05, 0.1) is 6.61 Å². The van der Waals surface area contributed by atoms with Gasteiger partial charge in [-0.3, -0.25) is 9.78 Å². The summed E-state index contributed by atoms with van der Waals surface area (Å²) in [4.78, 5) is 16.3. The number of Topliss-reactive ketones (excluding diaryl/α,β-unsaturated/α-hetero) is 1. The number of aryl methyl sites for hydroxylation is 2. The summed E-state index contributed by atoms with van der Waals surface area (Å²) in [6, 6.07) is 11.6. The van der Waals surface area contributed by atoms with E-state index in [2.05, 4.69) is 4.98 Å². The Balaban J connectivity index is 1.80. The molecule has 20 heavy (non-hydrogen) atoms. The van der Waals surface area contributed by atoms with Crippen molar-refractivity contribution in [1.82, 2.24) is 4.98 Å². The summed E-state index contributed by atoms with van der Waals surface area (Å²) in [7, 11) is 0. The number of ether oxygens (including phenoxy) is 1. The van der Waals surface area contributed by atoms with E-state index in [4.69, 9.17) is 4.74 Å². The number of carbonyl (C=O) groups excluding carboxylic acids is 1. The molecule has 0 atom stereocenters. The predicted octanol–water partition coefficient (Wildman–Crippen LogP) is 3.14. The Hall–Kier alpha value is -2.00. The minimum atomic E-state index is 0.0310. The summed E-state index contributed by atoms with van der Waals surface area (Å²) in [5, 5.41) is 0. The third-order valence-corrected chi connectivity index (χ3v) is 3.14. The van der Waals surface area contributed by atoms with Crippen LogP contribution in [0.5, 0.6) is 0 Å². The Morgan fingerprint density at radius 2 is 2.05 bits per heavy atom. The zero-order chi connectivity index (χ0) is 14.4. The fourth-order valence-corrected chi connectivity index (χ4v) is 2.09. The average Bonchev–Trinajstić information content (AvgIpc) is 2.44. The number of rotatable bonds is 6. The van der Waals surface area contributed by atoms with Crippen LogP contribution < -0.4 is 0 Å². The van der Waals surface area contributed by atoms with Crippen molar-refractivity contribution in [2.45, 2.75) is 20.3 Å². The number of pyridine rings is 1. The lowest BCUT2D eigenvalue weighted by molar-refractivity contribution is 0.0764. The van der Waals surface area contributed by atoms with Crippen LogP contribution in [-0.2, 0) is 11.2 Å². The molecule has 0 N–H and O–H groups in total. The van der Waals surface area contributed by atoms with E-state index >= 15 is 0 Å². The second-order valence-electron chi connectivity index (χ2n) is 4.87. The molecule has 1 heterocycles. The number of hydrogen-bond acceptors (Lipinski definition) is 3. The van der Waals surface area contributed by atoms with Crippen molar-refractivity contribution in [2.75, 3.05) is 13.2 Å². The molecule has 0 aliphatic heterocycles. The van der Waals surface area contributed by atoms with E-state index in [1.807, 2.05) is 50.2 Å². The first-order chi connectivity index (χ1) is 9.66. The van der Waals surface area contributed by atoms with Gasteiger partial charge >= 0.3 is 0 Å². The summed E-state index contributed by atoms with van der Waals surface area (Å²) in [6.45, 7) is 4.60. The van der Waals surface area contributed by atoms with Gasteiger partial charge in [0.1, 0.15) is 6.61 Å². The minimum Gasteiger partial charge on any atom is -0.373 e. The fraction of sp³-hybridized carbons (Fsp3) is 0.294. The molecule has 0 amide bonds. The molecular formula is C17H19NO2. The highest BCUT2D eigenvalue weighted by Gasteiger charge is 2.09. The van der Waals surface area contributed by atoms with Crippen molar-refractivity contribution in [1.29, 1.82) is 0 Å². The van der Waals surface area contributed by atoms with Crippen LogP contribution in [0.4, 0.5) is 0 Å². The molecular weight excluding hydrogens is 250 g/mol. The van der Waals surface area contributed by atoms with E-state index in [0.717, 1.165) is 28.8 Å². The van der Waals surface area contributed by atoms with Crippen LogP contribution in [0, 0.1) is 13.8 Å². The van der Waals surface area contributed by atoms with Crippen molar-refractivity contribution in [3.63, 3.8) is 0 Å². The van der Waals surface area contributed by atoms with Gasteiger partial charge in [0.15, 0.2) is 5.78 Å². The second-order valence-corrected chi connectivity index (χ2v) is 4.87. The second kappa shape index (κ2) is 6.96. The molecule has 3 heteroatoms. The third kappa shape index (κ3) is 4.00. The van der Waals surface area contributed by atoms with Crippen LogP contribution in [0.3, 0.4) is 0 Å². The number of hydrogen-bond donors (Lipinski definition) is 0. The van der Waals surface area contributed by atoms with Crippen molar-refractivity contribution in [2.24, 2.45) is 0 Å². The standard InChI is InChI=1S/C17H19NO2/c1-13-6-7-16(14(2)11-13)17(19)12-20-10-8-15-5-3-4-9-18-15/h3-7,9,11H,8,10,12H2,1-2H3. The first-order valence-corrected chi connectivity index (χ1v) is 6.75. The molecule has 1 aromatic heterocycles. The molecule has 3 nitrogen and oxygen atoms in total. The van der Waals surface area contributed by atoms with Crippen LogP contribution in [0.2, 0.25) is 0 Å². The van der Waals surface area contributed by atoms with Crippen LogP contribution in [-0.4, -0.2) is 24.0 Å². The Morgan fingerprint density at radius 1 is 1.20 bits per heavy atom. The maximum Gasteiger partial charge on any atom is 0.188 e. The highest BCUT2D eigenvalue weighted by atomic mass is 16.5. The lowest BCUT2D eigenvalue weighted by Crippen LogP contribution is -2.12. The van der Waals surface area contributed by atoms with Crippen molar-refractivity contribution < 1.29 is 9.53 Å². The van der Waals surface area contributed by atoms with E-state index in [1.54, 1.807) is 6.20 Å². The SMILES string of the molecule is Cc1ccc(C(=O)COCCc2ccccn2)c(C)c1. The molecule has 0 bridgehead atoms. The zero-order valence-corrected chi connectivity index (χ0v) is 11.9. The number of aromatic nitrogens is 1. The lowest BCUT2D eigenvalue weighted by atomic mass is 10.0. The molecule has 0 radical (unpaired) electrons. The molecule has 0 saturated carbocycles. The van der Waals surface area contributed by atoms with Gasteiger partial charge in [0.25, 0.3) is 0 Å². The molecule has 0 unspecified atom stereocenters. The number of carbonyl (C=O) groups is 1. The Kier molecular flexibility index (Phi) is 5.02. The fourth-order valence-electron chi connectivity index (χ4n) is 2.09. The Morgan fingerprint density at radius 3 is 2.75 bits per heavy atom. The minimum absolute atomic E-state index is 0.0310. The van der Waals surface area contributed by atoms with Crippen LogP contribution in [0.25, 0.3) is 0 Å². The molecule has 0 spiro atoms. The number of nitrogens with zero attached hydrogens (tertiary/aromatic N) is 1. The van der Waals surface area contributed by atoms with Gasteiger partial charge in [0.2, 0.25) is 0 Å². The van der Waals surface area contributed by atoms with Gasteiger partial charge in [-0.2, -0.15) is 0 Å². The van der Waals surface area contributed by atoms with E-state index in [0.29, 0.717) is 6.61 Å². The lowest BCUT2D eigenvalue weighted by Gasteiger charge is -2.07. The molecule has 0 saturated heterocycles. The Bertz CT molecular complexity index is 579. The monoisotopic (exact) mass is 269 g/mol. The summed E-state index contributed by atoms with van der Waals surface area (Å²) in [6.07, 6.45) is 2.48. The van der Waals surface area contributed by atoms with E-state index in [1.165, 1.54) is 0 Å². The average molecular weight is 269 g/mol. The summed E-state index contributed by atoms with van der Waals surface area (Å²) < 4.78 is 5.45. The van der Waals surface area contributed by atoms with Crippen LogP contribution >= 0.6 is 0 Å². The largest absolute Gasteiger partial charge is 0.373 e. The molecule has 0 aliphatic carbocycles. The smallest absolute Gasteiger partial charge is 0.188 e. The zero-order valence-electron chi connectivity index (χ0n) is 11.9. The van der Waals surface area contributed by atoms with Crippen molar-refractivity contribution >= 4 is 5.78 Å². The topological polar surface area (TPSA) is 39.2 Å². The van der Waals surface area contributed by atoms with Crippen LogP contribution in [0.1, 0.15) is 27.2 Å². The third-order valence-electron chi connectivity index (χ3n) is 3.14. The number of ketones is 1. The van der Waals surface area contributed by atoms with E-state index in [9.17, 15) is 4.79 Å². The van der Waals surface area contributed by atoms with Crippen molar-refractivity contribution in [3.05, 3.63) is 65.0 Å². The number of benzene rings is 1.